The molecule has 3 aromatic rings. The summed E-state index contributed by atoms with van der Waals surface area (Å²) in [6.45, 7) is 2.92. The van der Waals surface area contributed by atoms with Crippen LogP contribution in [0.1, 0.15) is 84.5 Å². The van der Waals surface area contributed by atoms with Crippen LogP contribution in [0.25, 0.3) is 0 Å². The number of carbonyl (C=O) groups is 2. The molecular formula is C38H44FNO4. The van der Waals surface area contributed by atoms with Gasteiger partial charge in [0.15, 0.2) is 0 Å². The Kier molecular flexibility index (Phi) is 9.06. The number of rotatable bonds is 12. The lowest BCUT2D eigenvalue weighted by Gasteiger charge is -2.57. The van der Waals surface area contributed by atoms with Crippen LogP contribution in [0.3, 0.4) is 0 Å². The van der Waals surface area contributed by atoms with Gasteiger partial charge >= 0.3 is 5.97 Å². The molecule has 0 radical (unpaired) electrons. The highest BCUT2D eigenvalue weighted by molar-refractivity contribution is 5.94. The van der Waals surface area contributed by atoms with Crippen molar-refractivity contribution in [1.82, 2.24) is 5.32 Å². The summed E-state index contributed by atoms with van der Waals surface area (Å²) in [6, 6.07) is 20.5. The molecule has 4 bridgehead atoms. The maximum atomic E-state index is 13.8. The number of carbonyl (C=O) groups excluding carboxylic acids is 2. The van der Waals surface area contributed by atoms with E-state index in [9.17, 15) is 14.0 Å². The van der Waals surface area contributed by atoms with Gasteiger partial charge in [0.2, 0.25) is 0 Å². The number of nitrogens with one attached hydrogen (secondary N) is 1. The Morgan fingerprint density at radius 1 is 0.909 bits per heavy atom. The molecule has 0 spiro atoms. The summed E-state index contributed by atoms with van der Waals surface area (Å²) in [6.07, 6.45) is 9.82. The van der Waals surface area contributed by atoms with E-state index in [2.05, 4.69) is 24.4 Å². The van der Waals surface area contributed by atoms with E-state index in [1.807, 2.05) is 36.4 Å². The Balaban J connectivity index is 1.14. The van der Waals surface area contributed by atoms with E-state index in [0.717, 1.165) is 40.9 Å². The van der Waals surface area contributed by atoms with Gasteiger partial charge in [0, 0.05) is 17.7 Å². The second-order valence-electron chi connectivity index (χ2n) is 13.5. The first-order chi connectivity index (χ1) is 21.3. The number of esters is 1. The summed E-state index contributed by atoms with van der Waals surface area (Å²) < 4.78 is 24.9. The summed E-state index contributed by atoms with van der Waals surface area (Å²) in [7, 11) is 1.37. The van der Waals surface area contributed by atoms with Crippen LogP contribution in [-0.4, -0.2) is 25.6 Å². The zero-order valence-electron chi connectivity index (χ0n) is 25.9. The van der Waals surface area contributed by atoms with Gasteiger partial charge in [0.1, 0.15) is 11.6 Å². The molecule has 4 aliphatic rings. The lowest BCUT2D eigenvalue weighted by molar-refractivity contribution is -0.145. The fourth-order valence-corrected chi connectivity index (χ4v) is 8.61. The van der Waals surface area contributed by atoms with Crippen molar-refractivity contribution < 1.29 is 23.5 Å². The van der Waals surface area contributed by atoms with Gasteiger partial charge in [0.25, 0.3) is 5.91 Å². The first-order valence-electron chi connectivity index (χ1n) is 16.3. The van der Waals surface area contributed by atoms with E-state index in [-0.39, 0.29) is 17.7 Å². The van der Waals surface area contributed by atoms with Gasteiger partial charge in [-0.3, -0.25) is 9.59 Å². The standard InChI is InChI=1S/C38H44FNO4/c1-3-13-44-35-12-7-26(18-31(37(42)43-2)17-25-5-4-6-34(39)20-25)19-32(35)24-40-36(41)30-8-10-33(11-9-30)38-21-27-14-28(22-38)16-29(15-27)23-38/h4-12,19-20,27-29,31H,3,13-18,21-24H2,1-2H3,(H,40,41). The lowest BCUT2D eigenvalue weighted by Crippen LogP contribution is -2.48. The number of benzene rings is 3. The van der Waals surface area contributed by atoms with Crippen LogP contribution >= 0.6 is 0 Å². The summed E-state index contributed by atoms with van der Waals surface area (Å²) >= 11 is 0. The summed E-state index contributed by atoms with van der Waals surface area (Å²) in [5.74, 6) is 2.10. The molecule has 1 atom stereocenters. The molecule has 44 heavy (non-hydrogen) atoms. The van der Waals surface area contributed by atoms with Crippen molar-refractivity contribution >= 4 is 11.9 Å². The highest BCUT2D eigenvalue weighted by Gasteiger charge is 2.51. The second kappa shape index (κ2) is 13.1. The van der Waals surface area contributed by atoms with E-state index >= 15 is 0 Å². The first kappa shape index (κ1) is 30.4. The van der Waals surface area contributed by atoms with Gasteiger partial charge in [-0.25, -0.2) is 4.39 Å². The van der Waals surface area contributed by atoms with Crippen molar-refractivity contribution in [1.29, 1.82) is 0 Å². The van der Waals surface area contributed by atoms with Crippen molar-refractivity contribution in [2.45, 2.75) is 76.7 Å². The summed E-state index contributed by atoms with van der Waals surface area (Å²) in [5.41, 5.74) is 4.90. The highest BCUT2D eigenvalue weighted by Crippen LogP contribution is 2.60. The average Bonchev–Trinajstić information content (AvgIpc) is 3.02. The molecule has 4 fully saturated rings. The molecule has 1 unspecified atom stereocenters. The molecule has 4 saturated carbocycles. The number of methoxy groups -OCH3 is 1. The minimum atomic E-state index is -0.473. The van der Waals surface area contributed by atoms with Crippen molar-refractivity contribution in [2.75, 3.05) is 13.7 Å². The maximum Gasteiger partial charge on any atom is 0.309 e. The fourth-order valence-electron chi connectivity index (χ4n) is 8.61. The number of ether oxygens (including phenoxy) is 2. The fraction of sp³-hybridized carbons (Fsp3) is 0.474. The molecule has 0 saturated heterocycles. The predicted octanol–water partition coefficient (Wildman–Crippen LogP) is 7.59. The maximum absolute atomic E-state index is 13.8. The van der Waals surface area contributed by atoms with Crippen molar-refractivity contribution in [3.63, 3.8) is 0 Å². The Labute approximate surface area is 260 Å². The Morgan fingerprint density at radius 2 is 1.57 bits per heavy atom. The molecule has 0 aromatic heterocycles. The van der Waals surface area contributed by atoms with Crippen LogP contribution in [0.2, 0.25) is 0 Å². The van der Waals surface area contributed by atoms with Crippen LogP contribution in [0, 0.1) is 29.5 Å². The third kappa shape index (κ3) is 6.69. The van der Waals surface area contributed by atoms with Crippen molar-refractivity contribution in [2.24, 2.45) is 23.7 Å². The predicted molar refractivity (Wildman–Crippen MR) is 169 cm³/mol. The smallest absolute Gasteiger partial charge is 0.309 e. The highest BCUT2D eigenvalue weighted by atomic mass is 19.1. The molecular weight excluding hydrogens is 553 g/mol. The summed E-state index contributed by atoms with van der Waals surface area (Å²) in [5, 5.41) is 3.10. The molecule has 0 heterocycles. The van der Waals surface area contributed by atoms with Crippen LogP contribution in [-0.2, 0) is 34.3 Å². The van der Waals surface area contributed by atoms with Crippen LogP contribution in [0.15, 0.2) is 66.7 Å². The average molecular weight is 598 g/mol. The third-order valence-electron chi connectivity index (χ3n) is 10.2. The second-order valence-corrected chi connectivity index (χ2v) is 13.5. The van der Waals surface area contributed by atoms with Crippen molar-refractivity contribution in [3.8, 4) is 5.75 Å². The SMILES string of the molecule is CCCOc1ccc(CC(Cc2cccc(F)c2)C(=O)OC)cc1CNC(=O)c1ccc(C23CC4CC(CC(C4)C2)C3)cc1. The molecule has 5 nitrogen and oxygen atoms in total. The van der Waals surface area contributed by atoms with Crippen LogP contribution in [0.4, 0.5) is 4.39 Å². The number of amides is 1. The first-order valence-corrected chi connectivity index (χ1v) is 16.3. The molecule has 1 amide bonds. The quantitative estimate of drug-likeness (QED) is 0.219. The van der Waals surface area contributed by atoms with Crippen LogP contribution in [0.5, 0.6) is 5.75 Å². The Morgan fingerprint density at radius 3 is 2.18 bits per heavy atom. The minimum Gasteiger partial charge on any atom is -0.493 e. The van der Waals surface area contributed by atoms with Gasteiger partial charge in [-0.2, -0.15) is 0 Å². The molecule has 3 aromatic carbocycles. The van der Waals surface area contributed by atoms with Gasteiger partial charge in [-0.15, -0.1) is 0 Å². The van der Waals surface area contributed by atoms with E-state index in [1.165, 1.54) is 63.3 Å². The van der Waals surface area contributed by atoms with Crippen LogP contribution < -0.4 is 10.1 Å². The molecule has 4 aliphatic carbocycles. The van der Waals surface area contributed by atoms with Gasteiger partial charge in [-0.1, -0.05) is 43.3 Å². The normalized spacial score (nSPS) is 24.1. The van der Waals surface area contributed by atoms with E-state index in [4.69, 9.17) is 9.47 Å². The molecule has 7 rings (SSSR count). The number of halogens is 1. The molecule has 232 valence electrons. The van der Waals surface area contributed by atoms with Gasteiger partial charge < -0.3 is 14.8 Å². The van der Waals surface area contributed by atoms with Gasteiger partial charge in [0.05, 0.1) is 19.6 Å². The number of hydrogen-bond acceptors (Lipinski definition) is 4. The third-order valence-corrected chi connectivity index (χ3v) is 10.2. The summed E-state index contributed by atoms with van der Waals surface area (Å²) in [4.78, 5) is 26.0. The zero-order valence-corrected chi connectivity index (χ0v) is 25.9. The van der Waals surface area contributed by atoms with Crippen molar-refractivity contribution in [3.05, 3.63) is 100 Å². The minimum absolute atomic E-state index is 0.118. The molecule has 6 heteroatoms. The molecule has 1 N–H and O–H groups in total. The Bertz CT molecular complexity index is 1450. The van der Waals surface area contributed by atoms with Gasteiger partial charge in [-0.05, 0) is 128 Å². The topological polar surface area (TPSA) is 64.6 Å². The van der Waals surface area contributed by atoms with E-state index < -0.39 is 5.92 Å². The van der Waals surface area contributed by atoms with E-state index in [1.54, 1.807) is 6.07 Å². The lowest BCUT2D eigenvalue weighted by atomic mass is 9.48. The number of hydrogen-bond donors (Lipinski definition) is 1. The zero-order chi connectivity index (χ0) is 30.7. The van der Waals surface area contributed by atoms with E-state index in [0.29, 0.717) is 42.7 Å². The Hall–Kier alpha value is -3.67. The molecule has 0 aliphatic heterocycles. The monoisotopic (exact) mass is 597 g/mol. The largest absolute Gasteiger partial charge is 0.493 e.